The van der Waals surface area contributed by atoms with E-state index < -0.39 is 0 Å². The molecule has 0 aromatic heterocycles. The summed E-state index contributed by atoms with van der Waals surface area (Å²) in [6.07, 6.45) is 2.44. The molecule has 1 atom stereocenters. The lowest BCUT2D eigenvalue weighted by Gasteiger charge is -2.39. The van der Waals surface area contributed by atoms with Crippen LogP contribution in [-0.4, -0.2) is 85.0 Å². The summed E-state index contributed by atoms with van der Waals surface area (Å²) in [6, 6.07) is 8.14. The molecule has 0 radical (unpaired) electrons. The summed E-state index contributed by atoms with van der Waals surface area (Å²) in [5, 5.41) is 3.47. The summed E-state index contributed by atoms with van der Waals surface area (Å²) in [6.45, 7) is 12.1. The number of carbonyl (C=O) groups excluding carboxylic acids is 1. The van der Waals surface area contributed by atoms with Gasteiger partial charge in [0.05, 0.1) is 12.1 Å². The van der Waals surface area contributed by atoms with Crippen LogP contribution in [0.25, 0.3) is 0 Å². The van der Waals surface area contributed by atoms with Crippen LogP contribution in [0, 0.1) is 0 Å². The zero-order chi connectivity index (χ0) is 21.5. The predicted molar refractivity (Wildman–Crippen MR) is 136 cm³/mol. The smallest absolute Gasteiger partial charge is 0.239 e. The van der Waals surface area contributed by atoms with Crippen molar-refractivity contribution in [1.29, 1.82) is 0 Å². The van der Waals surface area contributed by atoms with Crippen LogP contribution >= 0.6 is 24.0 Å². The number of halogens is 1. The monoisotopic (exact) mass is 543 g/mol. The van der Waals surface area contributed by atoms with E-state index in [9.17, 15) is 4.79 Å². The van der Waals surface area contributed by atoms with Gasteiger partial charge in [-0.05, 0) is 51.3 Å². The fourth-order valence-corrected chi connectivity index (χ4v) is 4.19. The van der Waals surface area contributed by atoms with Gasteiger partial charge in [0.15, 0.2) is 5.96 Å². The molecule has 1 aromatic carbocycles. The van der Waals surface area contributed by atoms with Gasteiger partial charge in [-0.2, -0.15) is 0 Å². The number of nitrogens with zero attached hydrogens (tertiary/aromatic N) is 4. The first-order valence-electron chi connectivity index (χ1n) is 11.2. The molecule has 0 spiro atoms. The van der Waals surface area contributed by atoms with E-state index >= 15 is 0 Å². The number of hydrogen-bond acceptors (Lipinski definition) is 4. The van der Waals surface area contributed by atoms with Gasteiger partial charge in [-0.1, -0.05) is 12.1 Å². The first-order chi connectivity index (χ1) is 14.5. The second-order valence-electron chi connectivity index (χ2n) is 8.45. The molecule has 2 aliphatic heterocycles. The first-order valence-corrected chi connectivity index (χ1v) is 11.2. The van der Waals surface area contributed by atoms with Crippen LogP contribution in [0.3, 0.4) is 0 Å². The molecule has 2 fully saturated rings. The number of benzene rings is 1. The SMILES string of the molecule is CN=C(NCc1cccc(OC(C)C)c1)N1CCN(C(C)C(=O)N2CCCC2)CC1.I. The molecule has 2 saturated heterocycles. The molecule has 0 aliphatic carbocycles. The molecule has 1 aromatic rings. The molecule has 2 heterocycles. The number of aliphatic imine (C=N–C) groups is 1. The molecule has 8 heteroatoms. The molecule has 1 unspecified atom stereocenters. The predicted octanol–water partition coefficient (Wildman–Crippen LogP) is 2.80. The molecular formula is C23H38IN5O2. The van der Waals surface area contributed by atoms with Gasteiger partial charge in [0.25, 0.3) is 0 Å². The minimum atomic E-state index is -0.0380. The maximum Gasteiger partial charge on any atom is 0.239 e. The first kappa shape index (κ1) is 25.7. The fraction of sp³-hybridized carbons (Fsp3) is 0.652. The van der Waals surface area contributed by atoms with Crippen LogP contribution in [0.15, 0.2) is 29.3 Å². The molecule has 3 rings (SSSR count). The largest absolute Gasteiger partial charge is 0.491 e. The lowest BCUT2D eigenvalue weighted by atomic mass is 10.2. The zero-order valence-electron chi connectivity index (χ0n) is 19.3. The van der Waals surface area contributed by atoms with E-state index in [0.717, 1.165) is 69.4 Å². The highest BCUT2D eigenvalue weighted by atomic mass is 127. The van der Waals surface area contributed by atoms with Crippen LogP contribution in [-0.2, 0) is 11.3 Å². The van der Waals surface area contributed by atoms with E-state index in [1.807, 2.05) is 37.9 Å². The van der Waals surface area contributed by atoms with E-state index in [1.165, 1.54) is 0 Å². The van der Waals surface area contributed by atoms with Gasteiger partial charge in [-0.15, -0.1) is 24.0 Å². The summed E-state index contributed by atoms with van der Waals surface area (Å²) in [5.74, 6) is 2.08. The lowest BCUT2D eigenvalue weighted by molar-refractivity contribution is -0.135. The molecular weight excluding hydrogens is 505 g/mol. The second kappa shape index (κ2) is 12.5. The molecule has 0 bridgehead atoms. The quantitative estimate of drug-likeness (QED) is 0.340. The Kier molecular flexibility index (Phi) is 10.3. The highest BCUT2D eigenvalue weighted by Crippen LogP contribution is 2.16. The Morgan fingerprint density at radius 3 is 2.35 bits per heavy atom. The van der Waals surface area contributed by atoms with Crippen molar-refractivity contribution < 1.29 is 9.53 Å². The van der Waals surface area contributed by atoms with E-state index in [-0.39, 0.29) is 42.0 Å². The maximum atomic E-state index is 12.7. The van der Waals surface area contributed by atoms with Gasteiger partial charge in [0.1, 0.15) is 5.75 Å². The Morgan fingerprint density at radius 1 is 1.06 bits per heavy atom. The fourth-order valence-electron chi connectivity index (χ4n) is 4.19. The van der Waals surface area contributed by atoms with Crippen LogP contribution in [0.2, 0.25) is 0 Å². The Bertz CT molecular complexity index is 728. The van der Waals surface area contributed by atoms with Crippen molar-refractivity contribution in [3.63, 3.8) is 0 Å². The second-order valence-corrected chi connectivity index (χ2v) is 8.45. The number of piperazine rings is 1. The van der Waals surface area contributed by atoms with Crippen molar-refractivity contribution >= 4 is 35.8 Å². The number of ether oxygens (including phenoxy) is 1. The minimum Gasteiger partial charge on any atom is -0.491 e. The highest BCUT2D eigenvalue weighted by molar-refractivity contribution is 14.0. The minimum absolute atomic E-state index is 0. The van der Waals surface area contributed by atoms with Crippen LogP contribution < -0.4 is 10.1 Å². The number of guanidine groups is 1. The third-order valence-electron chi connectivity index (χ3n) is 5.87. The summed E-state index contributed by atoms with van der Waals surface area (Å²) in [4.78, 5) is 23.8. The Morgan fingerprint density at radius 2 is 1.74 bits per heavy atom. The summed E-state index contributed by atoms with van der Waals surface area (Å²) < 4.78 is 5.79. The molecule has 2 aliphatic rings. The molecule has 7 nitrogen and oxygen atoms in total. The van der Waals surface area contributed by atoms with Crippen molar-refractivity contribution in [3.8, 4) is 5.75 Å². The van der Waals surface area contributed by atoms with Gasteiger partial charge in [-0.25, -0.2) is 0 Å². The normalized spacial score (nSPS) is 18.7. The molecule has 31 heavy (non-hydrogen) atoms. The zero-order valence-corrected chi connectivity index (χ0v) is 21.7. The average Bonchev–Trinajstić information content (AvgIpc) is 3.28. The van der Waals surface area contributed by atoms with Gasteiger partial charge in [0.2, 0.25) is 5.91 Å². The number of amides is 1. The van der Waals surface area contributed by atoms with Crippen LogP contribution in [0.4, 0.5) is 0 Å². The summed E-state index contributed by atoms with van der Waals surface area (Å²) in [5.41, 5.74) is 1.16. The van der Waals surface area contributed by atoms with Crippen LogP contribution in [0.1, 0.15) is 39.2 Å². The Hall–Kier alpha value is -1.55. The van der Waals surface area contributed by atoms with E-state index in [2.05, 4.69) is 39.2 Å². The third kappa shape index (κ3) is 7.24. The van der Waals surface area contributed by atoms with Gasteiger partial charge >= 0.3 is 0 Å². The van der Waals surface area contributed by atoms with Gasteiger partial charge < -0.3 is 19.9 Å². The van der Waals surface area contributed by atoms with Crippen molar-refractivity contribution in [1.82, 2.24) is 20.0 Å². The van der Waals surface area contributed by atoms with Gasteiger partial charge in [-0.3, -0.25) is 14.7 Å². The van der Waals surface area contributed by atoms with Crippen LogP contribution in [0.5, 0.6) is 5.75 Å². The standard InChI is InChI=1S/C23H37N5O2.HI/c1-18(2)30-21-9-7-8-20(16-21)17-25-23(24-4)28-14-12-26(13-15-28)19(3)22(29)27-10-5-6-11-27;/h7-9,16,18-19H,5-6,10-15,17H2,1-4H3,(H,24,25);1H. The van der Waals surface area contributed by atoms with E-state index in [0.29, 0.717) is 6.54 Å². The highest BCUT2D eigenvalue weighted by Gasteiger charge is 2.30. The number of rotatable bonds is 6. The number of hydrogen-bond donors (Lipinski definition) is 1. The number of likely N-dealkylation sites (tertiary alicyclic amines) is 1. The molecule has 174 valence electrons. The molecule has 0 saturated carbocycles. The topological polar surface area (TPSA) is 60.4 Å². The molecule has 1 amide bonds. The molecule has 1 N–H and O–H groups in total. The Labute approximate surface area is 204 Å². The van der Waals surface area contributed by atoms with E-state index in [4.69, 9.17) is 4.74 Å². The number of nitrogens with one attached hydrogen (secondary N) is 1. The van der Waals surface area contributed by atoms with Crippen molar-refractivity contribution in [2.45, 2.75) is 52.3 Å². The van der Waals surface area contributed by atoms with E-state index in [1.54, 1.807) is 0 Å². The summed E-state index contributed by atoms with van der Waals surface area (Å²) >= 11 is 0. The van der Waals surface area contributed by atoms with Crippen molar-refractivity contribution in [3.05, 3.63) is 29.8 Å². The van der Waals surface area contributed by atoms with Crippen molar-refractivity contribution in [2.75, 3.05) is 46.3 Å². The number of carbonyl (C=O) groups is 1. The van der Waals surface area contributed by atoms with Gasteiger partial charge in [0, 0.05) is 52.9 Å². The third-order valence-corrected chi connectivity index (χ3v) is 5.87. The summed E-state index contributed by atoms with van der Waals surface area (Å²) in [7, 11) is 1.83. The van der Waals surface area contributed by atoms with Crippen molar-refractivity contribution in [2.24, 2.45) is 4.99 Å². The Balaban J connectivity index is 0.00000341. The average molecular weight is 543 g/mol. The lowest BCUT2D eigenvalue weighted by Crippen LogP contribution is -2.57. The maximum absolute atomic E-state index is 12.7.